The largest absolute Gasteiger partial charge is 0.313 e. The van der Waals surface area contributed by atoms with Crippen LogP contribution in [0.4, 0.5) is 4.39 Å². The van der Waals surface area contributed by atoms with Crippen molar-refractivity contribution in [3.05, 3.63) is 35.1 Å². The lowest BCUT2D eigenvalue weighted by molar-refractivity contribution is 0.267. The van der Waals surface area contributed by atoms with E-state index in [0.717, 1.165) is 18.4 Å². The first-order chi connectivity index (χ1) is 9.69. The highest BCUT2D eigenvalue weighted by molar-refractivity contribution is 5.33. The number of nitrogens with one attached hydrogen (secondary N) is 1. The second kappa shape index (κ2) is 7.40. The summed E-state index contributed by atoms with van der Waals surface area (Å²) in [7, 11) is 0. The molecular formula is C17H23FN2. The van der Waals surface area contributed by atoms with Crippen molar-refractivity contribution in [3.8, 4) is 6.07 Å². The van der Waals surface area contributed by atoms with E-state index in [1.165, 1.54) is 44.2 Å². The molecule has 1 aliphatic carbocycles. The third kappa shape index (κ3) is 4.31. The second-order valence-corrected chi connectivity index (χ2v) is 6.02. The van der Waals surface area contributed by atoms with Gasteiger partial charge in [0.15, 0.2) is 0 Å². The summed E-state index contributed by atoms with van der Waals surface area (Å²) in [5.74, 6) is 1.45. The van der Waals surface area contributed by atoms with Gasteiger partial charge in [-0.25, -0.2) is 4.39 Å². The van der Waals surface area contributed by atoms with E-state index in [-0.39, 0.29) is 5.82 Å². The van der Waals surface area contributed by atoms with E-state index in [4.69, 9.17) is 5.26 Å². The lowest BCUT2D eigenvalue weighted by atomic mass is 9.81. The molecule has 1 fully saturated rings. The lowest BCUT2D eigenvalue weighted by Gasteiger charge is -2.26. The van der Waals surface area contributed by atoms with Crippen molar-refractivity contribution in [3.63, 3.8) is 0 Å². The Kier molecular flexibility index (Phi) is 5.55. The molecule has 2 rings (SSSR count). The molecule has 108 valence electrons. The van der Waals surface area contributed by atoms with Crippen LogP contribution in [0.25, 0.3) is 0 Å². The van der Waals surface area contributed by atoms with Crippen molar-refractivity contribution < 1.29 is 4.39 Å². The van der Waals surface area contributed by atoms with E-state index < -0.39 is 0 Å². The normalized spacial score (nSPS) is 22.4. The summed E-state index contributed by atoms with van der Waals surface area (Å²) in [6, 6.07) is 6.57. The van der Waals surface area contributed by atoms with Gasteiger partial charge in [-0.1, -0.05) is 26.2 Å². The molecule has 0 heterocycles. The summed E-state index contributed by atoms with van der Waals surface area (Å²) in [5.41, 5.74) is 1.10. The molecule has 2 atom stereocenters. The zero-order chi connectivity index (χ0) is 14.4. The minimum Gasteiger partial charge on any atom is -0.313 e. The minimum absolute atomic E-state index is 0.234. The first-order valence-corrected chi connectivity index (χ1v) is 7.58. The highest BCUT2D eigenvalue weighted by atomic mass is 19.1. The predicted molar refractivity (Wildman–Crippen MR) is 78.6 cm³/mol. The Labute approximate surface area is 121 Å². The number of rotatable bonds is 5. The van der Waals surface area contributed by atoms with Crippen molar-refractivity contribution >= 4 is 0 Å². The monoisotopic (exact) mass is 274 g/mol. The van der Waals surface area contributed by atoms with Crippen LogP contribution < -0.4 is 5.32 Å². The average Bonchev–Trinajstić information content (AvgIpc) is 2.45. The van der Waals surface area contributed by atoms with E-state index in [9.17, 15) is 4.39 Å². The maximum atomic E-state index is 13.6. The molecule has 3 heteroatoms. The van der Waals surface area contributed by atoms with Crippen LogP contribution in [-0.4, -0.2) is 6.54 Å². The standard InChI is InChI=1S/C17H23FN2/c1-13-3-2-4-14(9-13)7-8-20-12-16-10-15(11-19)5-6-17(16)18/h5-6,10,13-14,20H,2-4,7-9,12H2,1H3. The van der Waals surface area contributed by atoms with Gasteiger partial charge in [-0.15, -0.1) is 0 Å². The summed E-state index contributed by atoms with van der Waals surface area (Å²) in [6.45, 7) is 3.76. The quantitative estimate of drug-likeness (QED) is 0.824. The Hall–Kier alpha value is -1.40. The Morgan fingerprint density at radius 2 is 2.25 bits per heavy atom. The van der Waals surface area contributed by atoms with Crippen LogP contribution in [-0.2, 0) is 6.54 Å². The summed E-state index contributed by atoms with van der Waals surface area (Å²) >= 11 is 0. The van der Waals surface area contributed by atoms with E-state index in [1.54, 1.807) is 6.07 Å². The zero-order valence-corrected chi connectivity index (χ0v) is 12.2. The fourth-order valence-electron chi connectivity index (χ4n) is 3.13. The van der Waals surface area contributed by atoms with Gasteiger partial charge in [-0.2, -0.15) is 5.26 Å². The maximum absolute atomic E-state index is 13.6. The van der Waals surface area contributed by atoms with Gasteiger partial charge >= 0.3 is 0 Å². The van der Waals surface area contributed by atoms with Gasteiger partial charge in [0, 0.05) is 12.1 Å². The van der Waals surface area contributed by atoms with E-state index in [1.807, 2.05) is 6.07 Å². The van der Waals surface area contributed by atoms with Crippen LogP contribution in [0.3, 0.4) is 0 Å². The van der Waals surface area contributed by atoms with Crippen LogP contribution in [0.1, 0.15) is 50.2 Å². The number of halogens is 1. The lowest BCUT2D eigenvalue weighted by Crippen LogP contribution is -2.21. The van der Waals surface area contributed by atoms with Gasteiger partial charge in [0.05, 0.1) is 11.6 Å². The van der Waals surface area contributed by atoms with Gasteiger partial charge < -0.3 is 5.32 Å². The van der Waals surface area contributed by atoms with Crippen LogP contribution in [0.5, 0.6) is 0 Å². The van der Waals surface area contributed by atoms with Crippen molar-refractivity contribution in [2.45, 2.75) is 45.6 Å². The molecule has 1 aromatic carbocycles. The maximum Gasteiger partial charge on any atom is 0.127 e. The topological polar surface area (TPSA) is 35.8 Å². The van der Waals surface area contributed by atoms with Crippen molar-refractivity contribution in [1.82, 2.24) is 5.32 Å². The number of nitrogens with zero attached hydrogens (tertiary/aromatic N) is 1. The Morgan fingerprint density at radius 3 is 3.00 bits per heavy atom. The Balaban J connectivity index is 1.74. The van der Waals surface area contributed by atoms with Crippen molar-refractivity contribution in [2.24, 2.45) is 11.8 Å². The summed E-state index contributed by atoms with van der Waals surface area (Å²) in [4.78, 5) is 0. The molecule has 0 amide bonds. The molecule has 1 saturated carbocycles. The molecule has 1 N–H and O–H groups in total. The first kappa shape index (κ1) is 15.0. The van der Waals surface area contributed by atoms with Crippen LogP contribution in [0.2, 0.25) is 0 Å². The minimum atomic E-state index is -0.234. The number of hydrogen-bond acceptors (Lipinski definition) is 2. The molecule has 1 aromatic rings. The molecule has 0 saturated heterocycles. The van der Waals surface area contributed by atoms with Crippen LogP contribution >= 0.6 is 0 Å². The number of hydrogen-bond donors (Lipinski definition) is 1. The Bertz CT molecular complexity index is 478. The molecule has 0 aliphatic heterocycles. The van der Waals surface area contributed by atoms with E-state index in [0.29, 0.717) is 17.7 Å². The molecule has 1 aliphatic rings. The SMILES string of the molecule is CC1CCCC(CCNCc2cc(C#N)ccc2F)C1. The smallest absolute Gasteiger partial charge is 0.127 e. The number of nitriles is 1. The van der Waals surface area contributed by atoms with Gasteiger partial charge in [0.25, 0.3) is 0 Å². The van der Waals surface area contributed by atoms with Gasteiger partial charge in [0.2, 0.25) is 0 Å². The van der Waals surface area contributed by atoms with Crippen LogP contribution in [0, 0.1) is 29.0 Å². The van der Waals surface area contributed by atoms with Gasteiger partial charge in [-0.3, -0.25) is 0 Å². The fourth-order valence-corrected chi connectivity index (χ4v) is 3.13. The molecule has 0 aromatic heterocycles. The number of benzene rings is 1. The molecule has 0 radical (unpaired) electrons. The predicted octanol–water partition coefficient (Wildman–Crippen LogP) is 4.00. The van der Waals surface area contributed by atoms with Gasteiger partial charge in [0.1, 0.15) is 5.82 Å². The second-order valence-electron chi connectivity index (χ2n) is 6.02. The molecule has 2 nitrogen and oxygen atoms in total. The third-order valence-electron chi connectivity index (χ3n) is 4.26. The Morgan fingerprint density at radius 1 is 1.40 bits per heavy atom. The molecule has 2 unspecified atom stereocenters. The van der Waals surface area contributed by atoms with Crippen molar-refractivity contribution in [2.75, 3.05) is 6.54 Å². The molecular weight excluding hydrogens is 251 g/mol. The van der Waals surface area contributed by atoms with Crippen LogP contribution in [0.15, 0.2) is 18.2 Å². The van der Waals surface area contributed by atoms with E-state index >= 15 is 0 Å². The van der Waals surface area contributed by atoms with Gasteiger partial charge in [-0.05, 0) is 49.4 Å². The fraction of sp³-hybridized carbons (Fsp3) is 0.588. The summed E-state index contributed by atoms with van der Waals surface area (Å²) in [5, 5.41) is 12.1. The summed E-state index contributed by atoms with van der Waals surface area (Å²) < 4.78 is 13.6. The van der Waals surface area contributed by atoms with E-state index in [2.05, 4.69) is 12.2 Å². The average molecular weight is 274 g/mol. The molecule has 0 bridgehead atoms. The van der Waals surface area contributed by atoms with Crippen molar-refractivity contribution in [1.29, 1.82) is 5.26 Å². The molecule has 0 spiro atoms. The summed E-state index contributed by atoms with van der Waals surface area (Å²) in [6.07, 6.45) is 6.56. The third-order valence-corrected chi connectivity index (χ3v) is 4.26. The highest BCUT2D eigenvalue weighted by Gasteiger charge is 2.18. The molecule has 20 heavy (non-hydrogen) atoms. The first-order valence-electron chi connectivity index (χ1n) is 7.58. The highest BCUT2D eigenvalue weighted by Crippen LogP contribution is 2.30. The zero-order valence-electron chi connectivity index (χ0n) is 12.2.